The van der Waals surface area contributed by atoms with Crippen LogP contribution < -0.4 is 4.90 Å². The van der Waals surface area contributed by atoms with Crippen LogP contribution in [0.5, 0.6) is 0 Å². The lowest BCUT2D eigenvalue weighted by molar-refractivity contribution is 0.578. The van der Waals surface area contributed by atoms with Crippen molar-refractivity contribution in [2.75, 3.05) is 4.90 Å². The molecule has 4 aromatic rings. The molecule has 8 nitrogen and oxygen atoms in total. The topological polar surface area (TPSA) is 77.6 Å². The largest absolute Gasteiger partial charge is 0.329 e. The fourth-order valence-corrected chi connectivity index (χ4v) is 3.79. The van der Waals surface area contributed by atoms with E-state index in [1.54, 1.807) is 7.05 Å². The summed E-state index contributed by atoms with van der Waals surface area (Å²) in [6, 6.07) is 5.49. The summed E-state index contributed by atoms with van der Waals surface area (Å²) >= 11 is 0. The third-order valence-electron chi connectivity index (χ3n) is 5.17. The smallest absolute Gasteiger partial charge is 0.266 e. The molecule has 0 saturated heterocycles. The van der Waals surface area contributed by atoms with Crippen molar-refractivity contribution >= 4 is 17.1 Å². The standard InChI is InChI=1S/C21H24F2N8/c1-5-18-15(9-19-20(25-18)31(6-2)13(3)24-19)12-30(21-26-28-29(4)27-21)11-14-7-16(22)10-17(23)8-14/h7-10H,5-6,11-12H2,1-4H3. The van der Waals surface area contributed by atoms with Gasteiger partial charge in [-0.25, -0.2) is 18.7 Å². The van der Waals surface area contributed by atoms with Crippen LogP contribution in [0.1, 0.15) is 36.5 Å². The molecule has 0 radical (unpaired) electrons. The van der Waals surface area contributed by atoms with Gasteiger partial charge in [0.2, 0.25) is 0 Å². The van der Waals surface area contributed by atoms with Gasteiger partial charge in [0.15, 0.2) is 5.65 Å². The predicted molar refractivity (Wildman–Crippen MR) is 112 cm³/mol. The molecule has 0 aliphatic heterocycles. The Morgan fingerprint density at radius 1 is 1.00 bits per heavy atom. The third kappa shape index (κ3) is 4.23. The van der Waals surface area contributed by atoms with Gasteiger partial charge in [-0.1, -0.05) is 12.0 Å². The maximum absolute atomic E-state index is 13.8. The highest BCUT2D eigenvalue weighted by Crippen LogP contribution is 2.23. The van der Waals surface area contributed by atoms with Crippen molar-refractivity contribution in [1.29, 1.82) is 0 Å². The van der Waals surface area contributed by atoms with E-state index < -0.39 is 11.6 Å². The van der Waals surface area contributed by atoms with E-state index in [0.29, 0.717) is 18.1 Å². The number of nitrogens with zero attached hydrogens (tertiary/aromatic N) is 8. The Bertz CT molecular complexity index is 1210. The van der Waals surface area contributed by atoms with E-state index in [-0.39, 0.29) is 6.54 Å². The van der Waals surface area contributed by atoms with Crippen molar-refractivity contribution in [1.82, 2.24) is 34.7 Å². The number of hydrogen-bond donors (Lipinski definition) is 0. The van der Waals surface area contributed by atoms with Gasteiger partial charge in [0, 0.05) is 31.4 Å². The lowest BCUT2D eigenvalue weighted by Crippen LogP contribution is -2.24. The lowest BCUT2D eigenvalue weighted by atomic mass is 10.1. The number of aryl methyl sites for hydroxylation is 4. The molecule has 0 spiro atoms. The lowest BCUT2D eigenvalue weighted by Gasteiger charge is -2.22. The van der Waals surface area contributed by atoms with Gasteiger partial charge in [-0.15, -0.1) is 5.10 Å². The molecule has 0 fully saturated rings. The second-order valence-electron chi connectivity index (χ2n) is 7.41. The van der Waals surface area contributed by atoms with Gasteiger partial charge in [-0.3, -0.25) is 0 Å². The molecular weight excluding hydrogens is 402 g/mol. The summed E-state index contributed by atoms with van der Waals surface area (Å²) in [5.41, 5.74) is 4.04. The number of anilines is 1. The Morgan fingerprint density at radius 2 is 1.74 bits per heavy atom. The maximum Gasteiger partial charge on any atom is 0.266 e. The van der Waals surface area contributed by atoms with Gasteiger partial charge in [-0.2, -0.15) is 4.80 Å². The van der Waals surface area contributed by atoms with Gasteiger partial charge in [0.25, 0.3) is 5.95 Å². The highest BCUT2D eigenvalue weighted by Gasteiger charge is 2.19. The van der Waals surface area contributed by atoms with Crippen LogP contribution in [0.2, 0.25) is 0 Å². The average Bonchev–Trinajstić information content (AvgIpc) is 3.27. The van der Waals surface area contributed by atoms with Crippen LogP contribution in [0.4, 0.5) is 14.7 Å². The minimum Gasteiger partial charge on any atom is -0.329 e. The molecule has 31 heavy (non-hydrogen) atoms. The summed E-state index contributed by atoms with van der Waals surface area (Å²) in [7, 11) is 1.67. The molecule has 0 atom stereocenters. The first-order chi connectivity index (χ1) is 14.9. The number of pyridine rings is 1. The van der Waals surface area contributed by atoms with E-state index in [9.17, 15) is 8.78 Å². The monoisotopic (exact) mass is 426 g/mol. The molecule has 0 unspecified atom stereocenters. The Morgan fingerprint density at radius 3 is 2.35 bits per heavy atom. The molecular formula is C21H24F2N8. The molecule has 0 saturated carbocycles. The van der Waals surface area contributed by atoms with Crippen molar-refractivity contribution in [2.45, 2.75) is 46.8 Å². The molecule has 0 bridgehead atoms. The second-order valence-corrected chi connectivity index (χ2v) is 7.41. The Kier molecular flexibility index (Phi) is 5.62. The molecule has 0 aliphatic carbocycles. The van der Waals surface area contributed by atoms with Crippen LogP contribution in [-0.4, -0.2) is 34.7 Å². The molecule has 1 aromatic carbocycles. The quantitative estimate of drug-likeness (QED) is 0.451. The van der Waals surface area contributed by atoms with E-state index in [4.69, 9.17) is 4.98 Å². The first-order valence-corrected chi connectivity index (χ1v) is 10.2. The van der Waals surface area contributed by atoms with E-state index >= 15 is 0 Å². The molecule has 0 aliphatic rings. The first kappa shape index (κ1) is 20.8. The number of tetrazole rings is 1. The molecule has 3 aromatic heterocycles. The van der Waals surface area contributed by atoms with Gasteiger partial charge in [-0.05, 0) is 54.8 Å². The second kappa shape index (κ2) is 8.37. The van der Waals surface area contributed by atoms with E-state index in [0.717, 1.165) is 47.3 Å². The average molecular weight is 426 g/mol. The zero-order valence-electron chi connectivity index (χ0n) is 18.0. The van der Waals surface area contributed by atoms with Crippen molar-refractivity contribution in [3.8, 4) is 0 Å². The molecule has 4 rings (SSSR count). The van der Waals surface area contributed by atoms with Gasteiger partial charge >= 0.3 is 0 Å². The summed E-state index contributed by atoms with van der Waals surface area (Å²) < 4.78 is 29.6. The first-order valence-electron chi connectivity index (χ1n) is 10.2. The number of benzene rings is 1. The molecule has 0 N–H and O–H groups in total. The third-order valence-corrected chi connectivity index (χ3v) is 5.17. The van der Waals surface area contributed by atoms with Gasteiger partial charge < -0.3 is 9.47 Å². The van der Waals surface area contributed by atoms with Crippen LogP contribution >= 0.6 is 0 Å². The van der Waals surface area contributed by atoms with Crippen LogP contribution in [0.3, 0.4) is 0 Å². The van der Waals surface area contributed by atoms with Crippen molar-refractivity contribution in [3.05, 3.63) is 58.5 Å². The number of fused-ring (bicyclic) bond motifs is 1. The molecule has 162 valence electrons. The summed E-state index contributed by atoms with van der Waals surface area (Å²) in [5, 5.41) is 12.3. The fraction of sp³-hybridized carbons (Fsp3) is 0.381. The van der Waals surface area contributed by atoms with Gasteiger partial charge in [0.1, 0.15) is 23.0 Å². The normalized spacial score (nSPS) is 11.4. The Hall–Kier alpha value is -3.43. The summed E-state index contributed by atoms with van der Waals surface area (Å²) in [6.07, 6.45) is 0.732. The van der Waals surface area contributed by atoms with E-state index in [1.807, 2.05) is 24.8 Å². The van der Waals surface area contributed by atoms with Crippen molar-refractivity contribution < 1.29 is 8.78 Å². The van der Waals surface area contributed by atoms with Crippen molar-refractivity contribution in [3.63, 3.8) is 0 Å². The number of halogens is 2. The van der Waals surface area contributed by atoms with Gasteiger partial charge in [0.05, 0.1) is 7.05 Å². The van der Waals surface area contributed by atoms with Crippen LogP contribution in [-0.2, 0) is 33.1 Å². The zero-order chi connectivity index (χ0) is 22.1. The number of rotatable bonds is 7. The number of hydrogen-bond acceptors (Lipinski definition) is 6. The van der Waals surface area contributed by atoms with Crippen LogP contribution in [0.25, 0.3) is 11.2 Å². The molecule has 0 amide bonds. The highest BCUT2D eigenvalue weighted by molar-refractivity contribution is 5.73. The summed E-state index contributed by atoms with van der Waals surface area (Å²) in [5.74, 6) is 0.0245. The van der Waals surface area contributed by atoms with Crippen LogP contribution in [0.15, 0.2) is 24.3 Å². The SMILES string of the molecule is CCc1nc2c(cc1CN(Cc1cc(F)cc(F)c1)c1nnn(C)n1)nc(C)n2CC. The maximum atomic E-state index is 13.8. The molecule has 3 heterocycles. The van der Waals surface area contributed by atoms with Crippen LogP contribution in [0, 0.1) is 18.6 Å². The summed E-state index contributed by atoms with van der Waals surface area (Å²) in [6.45, 7) is 7.47. The number of aromatic nitrogens is 7. The molecule has 10 heteroatoms. The predicted octanol–water partition coefficient (Wildman–Crippen LogP) is 3.33. The van der Waals surface area contributed by atoms with E-state index in [2.05, 4.69) is 31.9 Å². The summed E-state index contributed by atoms with van der Waals surface area (Å²) in [4.78, 5) is 12.7. The zero-order valence-corrected chi connectivity index (χ0v) is 18.0. The Balaban J connectivity index is 1.75. The minimum atomic E-state index is -0.625. The van der Waals surface area contributed by atoms with E-state index in [1.165, 1.54) is 16.9 Å². The fourth-order valence-electron chi connectivity index (χ4n) is 3.79. The minimum absolute atomic E-state index is 0.212. The highest BCUT2D eigenvalue weighted by atomic mass is 19.1. The van der Waals surface area contributed by atoms with Crippen molar-refractivity contribution in [2.24, 2.45) is 7.05 Å². The number of imidazole rings is 1. The Labute approximate surface area is 178 Å².